The third kappa shape index (κ3) is 5.63. The van der Waals surface area contributed by atoms with Crippen molar-refractivity contribution in [3.8, 4) is 11.5 Å². The number of amides is 2. The zero-order chi connectivity index (χ0) is 21.7. The molecule has 1 N–H and O–H groups in total. The first-order chi connectivity index (χ1) is 14.3. The SMILES string of the molecule is CC(=O)c1cc2c(cc1NC(=O)CN1CCCN(C(=O)OCC(C)C)CC1)OCO2. The number of carbonyl (C=O) groups is 3. The molecule has 2 heterocycles. The third-order valence-corrected chi connectivity index (χ3v) is 4.92. The van der Waals surface area contributed by atoms with Crippen molar-refractivity contribution in [3.63, 3.8) is 0 Å². The normalized spacial score (nSPS) is 16.3. The van der Waals surface area contributed by atoms with E-state index in [1.54, 1.807) is 17.0 Å². The number of benzene rings is 1. The van der Waals surface area contributed by atoms with E-state index >= 15 is 0 Å². The van der Waals surface area contributed by atoms with Crippen LogP contribution in [0.15, 0.2) is 12.1 Å². The molecule has 3 rings (SSSR count). The highest BCUT2D eigenvalue weighted by atomic mass is 16.7. The molecule has 0 spiro atoms. The molecule has 1 fully saturated rings. The Bertz CT molecular complexity index is 810. The molecule has 9 heteroatoms. The van der Waals surface area contributed by atoms with Crippen LogP contribution < -0.4 is 14.8 Å². The second kappa shape index (κ2) is 9.80. The van der Waals surface area contributed by atoms with Gasteiger partial charge in [-0.2, -0.15) is 0 Å². The predicted molar refractivity (Wildman–Crippen MR) is 110 cm³/mol. The summed E-state index contributed by atoms with van der Waals surface area (Å²) in [6, 6.07) is 3.21. The Morgan fingerprint density at radius 2 is 1.83 bits per heavy atom. The fourth-order valence-corrected chi connectivity index (χ4v) is 3.37. The molecule has 0 saturated carbocycles. The number of nitrogens with zero attached hydrogens (tertiary/aromatic N) is 2. The molecule has 1 saturated heterocycles. The Hall–Kier alpha value is -2.81. The summed E-state index contributed by atoms with van der Waals surface area (Å²) in [5.74, 6) is 0.883. The van der Waals surface area contributed by atoms with Crippen molar-refractivity contribution in [2.75, 3.05) is 51.4 Å². The second-order valence-corrected chi connectivity index (χ2v) is 7.94. The molecule has 1 aromatic rings. The van der Waals surface area contributed by atoms with E-state index in [1.165, 1.54) is 6.92 Å². The van der Waals surface area contributed by atoms with Gasteiger partial charge in [-0.15, -0.1) is 0 Å². The molecular formula is C21H29N3O6. The maximum Gasteiger partial charge on any atom is 0.409 e. The van der Waals surface area contributed by atoms with Crippen molar-refractivity contribution in [2.45, 2.75) is 27.2 Å². The van der Waals surface area contributed by atoms with Crippen molar-refractivity contribution in [2.24, 2.45) is 5.92 Å². The molecule has 0 radical (unpaired) electrons. The van der Waals surface area contributed by atoms with Gasteiger partial charge in [-0.25, -0.2) is 4.79 Å². The fourth-order valence-electron chi connectivity index (χ4n) is 3.37. The average Bonchev–Trinajstić information content (AvgIpc) is 3.02. The van der Waals surface area contributed by atoms with Crippen LogP contribution in [0, 0.1) is 5.92 Å². The van der Waals surface area contributed by atoms with Gasteiger partial charge >= 0.3 is 6.09 Å². The molecule has 0 bridgehead atoms. The molecule has 0 unspecified atom stereocenters. The highest BCUT2D eigenvalue weighted by molar-refractivity contribution is 6.05. The van der Waals surface area contributed by atoms with Crippen molar-refractivity contribution in [1.82, 2.24) is 9.80 Å². The van der Waals surface area contributed by atoms with Gasteiger partial charge < -0.3 is 24.4 Å². The lowest BCUT2D eigenvalue weighted by Gasteiger charge is -2.22. The summed E-state index contributed by atoms with van der Waals surface area (Å²) >= 11 is 0. The maximum atomic E-state index is 12.6. The van der Waals surface area contributed by atoms with Crippen LogP contribution in [-0.2, 0) is 9.53 Å². The lowest BCUT2D eigenvalue weighted by molar-refractivity contribution is -0.117. The number of nitrogens with one attached hydrogen (secondary N) is 1. The molecule has 0 aromatic heterocycles. The first-order valence-electron chi connectivity index (χ1n) is 10.2. The van der Waals surface area contributed by atoms with E-state index in [0.29, 0.717) is 55.5 Å². The Labute approximate surface area is 176 Å². The van der Waals surface area contributed by atoms with Crippen LogP contribution in [0.5, 0.6) is 11.5 Å². The number of carbonyl (C=O) groups excluding carboxylic acids is 3. The second-order valence-electron chi connectivity index (χ2n) is 7.94. The molecule has 9 nitrogen and oxygen atoms in total. The van der Waals surface area contributed by atoms with Crippen molar-refractivity contribution in [3.05, 3.63) is 17.7 Å². The van der Waals surface area contributed by atoms with Crippen LogP contribution in [0.3, 0.4) is 0 Å². The minimum absolute atomic E-state index is 0.0912. The summed E-state index contributed by atoms with van der Waals surface area (Å²) in [6.45, 7) is 8.46. The van der Waals surface area contributed by atoms with Crippen molar-refractivity contribution < 1.29 is 28.6 Å². The molecule has 2 aliphatic rings. The summed E-state index contributed by atoms with van der Waals surface area (Å²) in [5.41, 5.74) is 0.785. The number of ether oxygens (including phenoxy) is 3. The predicted octanol–water partition coefficient (Wildman–Crippen LogP) is 2.36. The van der Waals surface area contributed by atoms with Gasteiger partial charge in [0.1, 0.15) is 0 Å². The van der Waals surface area contributed by atoms with E-state index in [-0.39, 0.29) is 37.0 Å². The van der Waals surface area contributed by atoms with Crippen LogP contribution in [0.25, 0.3) is 0 Å². The van der Waals surface area contributed by atoms with E-state index in [4.69, 9.17) is 14.2 Å². The molecule has 164 valence electrons. The van der Waals surface area contributed by atoms with Crippen LogP contribution in [0.1, 0.15) is 37.6 Å². The molecule has 1 aromatic carbocycles. The lowest BCUT2D eigenvalue weighted by Crippen LogP contribution is -2.38. The first kappa shape index (κ1) is 21.9. The highest BCUT2D eigenvalue weighted by Gasteiger charge is 2.23. The summed E-state index contributed by atoms with van der Waals surface area (Å²) in [5, 5.41) is 2.81. The molecule has 0 atom stereocenters. The minimum atomic E-state index is -0.304. The average molecular weight is 419 g/mol. The van der Waals surface area contributed by atoms with Gasteiger partial charge in [0, 0.05) is 37.8 Å². The van der Waals surface area contributed by atoms with Crippen LogP contribution >= 0.6 is 0 Å². The van der Waals surface area contributed by atoms with E-state index in [9.17, 15) is 14.4 Å². The van der Waals surface area contributed by atoms with Crippen LogP contribution in [0.2, 0.25) is 0 Å². The standard InChI is InChI=1S/C21H29N3O6/c1-14(2)12-28-21(27)24-6-4-5-23(7-8-24)11-20(26)22-17-10-19-18(29-13-30-19)9-16(17)15(3)25/h9-10,14H,4-8,11-13H2,1-3H3,(H,22,26). The Morgan fingerprint density at radius 3 is 2.53 bits per heavy atom. The highest BCUT2D eigenvalue weighted by Crippen LogP contribution is 2.37. The van der Waals surface area contributed by atoms with Crippen LogP contribution in [0.4, 0.5) is 10.5 Å². The zero-order valence-electron chi connectivity index (χ0n) is 17.7. The monoisotopic (exact) mass is 419 g/mol. The number of hydrogen-bond acceptors (Lipinski definition) is 7. The summed E-state index contributed by atoms with van der Waals surface area (Å²) in [4.78, 5) is 40.4. The molecule has 2 amide bonds. The van der Waals surface area contributed by atoms with Crippen molar-refractivity contribution >= 4 is 23.5 Å². The van der Waals surface area contributed by atoms with Gasteiger partial charge in [0.25, 0.3) is 0 Å². The summed E-state index contributed by atoms with van der Waals surface area (Å²) in [6.07, 6.45) is 0.453. The fraction of sp³-hybridized carbons (Fsp3) is 0.571. The zero-order valence-corrected chi connectivity index (χ0v) is 17.7. The smallest absolute Gasteiger partial charge is 0.409 e. The number of rotatable bonds is 6. The molecule has 0 aliphatic carbocycles. The van der Waals surface area contributed by atoms with E-state index in [1.807, 2.05) is 18.7 Å². The molecule has 30 heavy (non-hydrogen) atoms. The Morgan fingerprint density at radius 1 is 1.10 bits per heavy atom. The molecular weight excluding hydrogens is 390 g/mol. The van der Waals surface area contributed by atoms with Crippen molar-refractivity contribution in [1.29, 1.82) is 0 Å². The topological polar surface area (TPSA) is 97.4 Å². The van der Waals surface area contributed by atoms with E-state index < -0.39 is 0 Å². The summed E-state index contributed by atoms with van der Waals surface area (Å²) < 4.78 is 16.0. The number of anilines is 1. The number of hydrogen-bond donors (Lipinski definition) is 1. The quantitative estimate of drug-likeness (QED) is 0.707. The molecule has 2 aliphatic heterocycles. The van der Waals surface area contributed by atoms with E-state index in [2.05, 4.69) is 5.32 Å². The number of ketones is 1. The maximum absolute atomic E-state index is 12.6. The Kier molecular flexibility index (Phi) is 7.15. The largest absolute Gasteiger partial charge is 0.454 e. The number of Topliss-reactive ketones (excluding diaryl/α,β-unsaturated/α-hetero) is 1. The minimum Gasteiger partial charge on any atom is -0.454 e. The van der Waals surface area contributed by atoms with Gasteiger partial charge in [-0.05, 0) is 25.3 Å². The Balaban J connectivity index is 1.56. The third-order valence-electron chi connectivity index (χ3n) is 4.92. The van der Waals surface area contributed by atoms with Gasteiger partial charge in [-0.3, -0.25) is 14.5 Å². The number of fused-ring (bicyclic) bond motifs is 1. The van der Waals surface area contributed by atoms with Gasteiger partial charge in [-0.1, -0.05) is 13.8 Å². The first-order valence-corrected chi connectivity index (χ1v) is 10.2. The van der Waals surface area contributed by atoms with Gasteiger partial charge in [0.05, 0.1) is 18.8 Å². The van der Waals surface area contributed by atoms with Gasteiger partial charge in [0.15, 0.2) is 17.3 Å². The van der Waals surface area contributed by atoms with Crippen LogP contribution in [-0.4, -0.2) is 73.7 Å². The summed E-state index contributed by atoms with van der Waals surface area (Å²) in [7, 11) is 0. The van der Waals surface area contributed by atoms with Gasteiger partial charge in [0.2, 0.25) is 12.7 Å². The lowest BCUT2D eigenvalue weighted by atomic mass is 10.1. The van der Waals surface area contributed by atoms with E-state index in [0.717, 1.165) is 6.42 Å².